The average molecular weight is 694 g/mol. The minimum Gasteiger partial charge on any atom is -0.478 e. The van der Waals surface area contributed by atoms with E-state index in [4.69, 9.17) is 5.11 Å². The molecule has 7 rings (SSSR count). The topological polar surface area (TPSA) is 169 Å². The van der Waals surface area contributed by atoms with Crippen molar-refractivity contribution in [3.63, 3.8) is 0 Å². The number of H-pyrrole nitrogens is 2. The number of piperidine rings is 1. The van der Waals surface area contributed by atoms with E-state index >= 15 is 0 Å². The Morgan fingerprint density at radius 1 is 0.725 bits per heavy atom. The van der Waals surface area contributed by atoms with Crippen molar-refractivity contribution in [1.82, 2.24) is 25.3 Å². The predicted octanol–water partition coefficient (Wildman–Crippen LogP) is 4.99. The number of hydrogen-bond donors (Lipinski definition) is 4. The highest BCUT2D eigenvalue weighted by molar-refractivity contribution is 5.95. The largest absolute Gasteiger partial charge is 0.478 e. The Balaban J connectivity index is 0.000000183. The van der Waals surface area contributed by atoms with Gasteiger partial charge in [-0.05, 0) is 67.3 Å². The quantitative estimate of drug-likeness (QED) is 0.189. The number of halogens is 2. The van der Waals surface area contributed by atoms with Crippen LogP contribution in [0.5, 0.6) is 0 Å². The minimum absolute atomic E-state index is 0.0118. The van der Waals surface area contributed by atoms with E-state index in [0.29, 0.717) is 65.5 Å². The summed E-state index contributed by atoms with van der Waals surface area (Å²) in [7, 11) is 0. The third kappa shape index (κ3) is 7.73. The molecule has 0 spiro atoms. The van der Waals surface area contributed by atoms with Gasteiger partial charge in [-0.1, -0.05) is 48.5 Å². The van der Waals surface area contributed by atoms with Crippen molar-refractivity contribution in [2.24, 2.45) is 0 Å². The van der Waals surface area contributed by atoms with E-state index < -0.39 is 23.2 Å². The number of aromatic carboxylic acids is 1. The van der Waals surface area contributed by atoms with Gasteiger partial charge in [-0.15, -0.1) is 0 Å². The maximum absolute atomic E-state index is 14.4. The molecule has 0 atom stereocenters. The lowest BCUT2D eigenvalue weighted by Crippen LogP contribution is -2.45. The molecule has 1 amide bonds. The van der Waals surface area contributed by atoms with Crippen LogP contribution in [0.1, 0.15) is 63.0 Å². The van der Waals surface area contributed by atoms with E-state index in [2.05, 4.69) is 20.4 Å². The molecule has 13 heteroatoms. The fraction of sp³-hybridized carbons (Fsp3) is 0.211. The highest BCUT2D eigenvalue weighted by Crippen LogP contribution is 2.25. The molecule has 0 radical (unpaired) electrons. The van der Waals surface area contributed by atoms with Crippen LogP contribution in [0.25, 0.3) is 21.5 Å². The molecular weight excluding hydrogens is 660 g/mol. The number of fused-ring (bicyclic) bond motifs is 2. The summed E-state index contributed by atoms with van der Waals surface area (Å²) in [6.07, 6.45) is 1.57. The first-order valence-electron chi connectivity index (χ1n) is 16.1. The second-order valence-electron chi connectivity index (χ2n) is 12.7. The van der Waals surface area contributed by atoms with Gasteiger partial charge in [-0.2, -0.15) is 10.2 Å². The summed E-state index contributed by atoms with van der Waals surface area (Å²) in [5.74, 6) is -3.05. The molecule has 3 heterocycles. The van der Waals surface area contributed by atoms with Crippen molar-refractivity contribution < 1.29 is 28.6 Å². The van der Waals surface area contributed by atoms with Crippen LogP contribution in [0.15, 0.2) is 94.5 Å². The van der Waals surface area contributed by atoms with Gasteiger partial charge < -0.3 is 15.1 Å². The van der Waals surface area contributed by atoms with E-state index in [0.717, 1.165) is 17.0 Å². The lowest BCUT2D eigenvalue weighted by atomic mass is 9.93. The number of carboxylic acid groups (broad SMARTS) is 1. The highest BCUT2D eigenvalue weighted by atomic mass is 19.1. The number of amides is 1. The Kier molecular flexibility index (Phi) is 9.83. The van der Waals surface area contributed by atoms with Gasteiger partial charge in [0.05, 0.1) is 38.9 Å². The maximum atomic E-state index is 14.4. The molecule has 1 aliphatic rings. The van der Waals surface area contributed by atoms with Gasteiger partial charge in [0.15, 0.2) is 0 Å². The first kappa shape index (κ1) is 34.8. The van der Waals surface area contributed by atoms with Crippen molar-refractivity contribution in [2.45, 2.75) is 38.2 Å². The molecule has 2 aromatic heterocycles. The standard InChI is InChI=1S/C22H22FN3O3.C16H11FN2O3/c1-22(29)8-10-26(11-9-22)21(28)17-12-14(6-7-18(17)23)13-19-15-4-2-3-5-16(15)20(27)25-24-19;17-13-6-5-9(7-12(13)16(21)22)8-14-10-3-1-2-4-11(10)15(20)19-18-14/h2-7,12,29H,8-11,13H2,1H3,(H,25,27);1-7H,8H2,(H,19,20)(H,21,22). The minimum atomic E-state index is -1.32. The van der Waals surface area contributed by atoms with Gasteiger partial charge in [0.1, 0.15) is 11.6 Å². The number of aromatic amines is 2. The number of carbonyl (C=O) groups is 2. The molecule has 51 heavy (non-hydrogen) atoms. The number of likely N-dealkylation sites (tertiary alicyclic amines) is 1. The second-order valence-corrected chi connectivity index (χ2v) is 12.7. The Bertz CT molecular complexity index is 2400. The van der Waals surface area contributed by atoms with Gasteiger partial charge in [0, 0.05) is 36.7 Å². The Morgan fingerprint density at radius 3 is 1.63 bits per heavy atom. The molecule has 0 aliphatic carbocycles. The average Bonchev–Trinajstić information content (AvgIpc) is 3.12. The van der Waals surface area contributed by atoms with Crippen LogP contribution in [0, 0.1) is 11.6 Å². The van der Waals surface area contributed by atoms with Crippen molar-refractivity contribution in [3.8, 4) is 0 Å². The number of carboxylic acids is 1. The van der Waals surface area contributed by atoms with Crippen LogP contribution in [-0.2, 0) is 12.8 Å². The zero-order valence-corrected chi connectivity index (χ0v) is 27.5. The molecule has 6 aromatic rings. The monoisotopic (exact) mass is 693 g/mol. The number of nitrogens with zero attached hydrogens (tertiary/aromatic N) is 3. The van der Waals surface area contributed by atoms with E-state index in [9.17, 15) is 33.1 Å². The summed E-state index contributed by atoms with van der Waals surface area (Å²) in [4.78, 5) is 49.1. The van der Waals surface area contributed by atoms with Crippen LogP contribution in [0.2, 0.25) is 0 Å². The van der Waals surface area contributed by atoms with Crippen LogP contribution >= 0.6 is 0 Å². The fourth-order valence-electron chi connectivity index (χ4n) is 6.05. The molecule has 0 unspecified atom stereocenters. The number of benzene rings is 4. The Labute approximate surface area is 289 Å². The van der Waals surface area contributed by atoms with Gasteiger partial charge >= 0.3 is 5.97 Å². The highest BCUT2D eigenvalue weighted by Gasteiger charge is 2.31. The first-order valence-corrected chi connectivity index (χ1v) is 16.1. The third-order valence-corrected chi connectivity index (χ3v) is 8.94. The molecule has 11 nitrogen and oxygen atoms in total. The van der Waals surface area contributed by atoms with E-state index in [1.54, 1.807) is 60.4 Å². The van der Waals surface area contributed by atoms with Crippen LogP contribution in [0.3, 0.4) is 0 Å². The Hall–Kier alpha value is -6.08. The molecule has 1 saturated heterocycles. The van der Waals surface area contributed by atoms with Crippen LogP contribution in [0.4, 0.5) is 8.78 Å². The van der Waals surface area contributed by atoms with E-state index in [1.807, 2.05) is 12.1 Å². The smallest absolute Gasteiger partial charge is 0.338 e. The molecular formula is C38H33F2N5O6. The molecule has 0 bridgehead atoms. The predicted molar refractivity (Wildman–Crippen MR) is 186 cm³/mol. The van der Waals surface area contributed by atoms with E-state index in [1.165, 1.54) is 18.2 Å². The van der Waals surface area contributed by atoms with Gasteiger partial charge in [0.2, 0.25) is 0 Å². The number of aromatic nitrogens is 4. The molecule has 1 aliphatic heterocycles. The lowest BCUT2D eigenvalue weighted by Gasteiger charge is -2.35. The van der Waals surface area contributed by atoms with Crippen molar-refractivity contribution in [2.75, 3.05) is 13.1 Å². The number of rotatable bonds is 6. The number of hydrogen-bond acceptors (Lipinski definition) is 7. The second kappa shape index (κ2) is 14.4. The molecule has 4 aromatic carbocycles. The van der Waals surface area contributed by atoms with Gasteiger partial charge in [0.25, 0.3) is 17.0 Å². The van der Waals surface area contributed by atoms with Crippen molar-refractivity contribution in [3.05, 3.63) is 151 Å². The van der Waals surface area contributed by atoms with Crippen molar-refractivity contribution >= 4 is 33.4 Å². The Morgan fingerprint density at radius 2 is 1.16 bits per heavy atom. The normalized spacial score (nSPS) is 13.8. The number of carbonyl (C=O) groups excluding carboxylic acids is 1. The molecule has 4 N–H and O–H groups in total. The molecule has 260 valence electrons. The molecule has 0 saturated carbocycles. The summed E-state index contributed by atoms with van der Waals surface area (Å²) in [5, 5.41) is 34.6. The zero-order chi connectivity index (χ0) is 36.3. The van der Waals surface area contributed by atoms with Crippen molar-refractivity contribution in [1.29, 1.82) is 0 Å². The SMILES string of the molecule is CC1(O)CCN(C(=O)c2cc(Cc3n[nH]c(=O)c4ccccc34)ccc2F)CC1.O=C(O)c1cc(Cc2n[nH]c(=O)c3ccccc23)ccc1F. The summed E-state index contributed by atoms with van der Waals surface area (Å²) in [6.45, 7) is 2.53. The molecule has 1 fully saturated rings. The summed E-state index contributed by atoms with van der Waals surface area (Å²) >= 11 is 0. The summed E-state index contributed by atoms with van der Waals surface area (Å²) in [5.41, 5.74) is 0.868. The van der Waals surface area contributed by atoms with Crippen LogP contribution in [-0.4, -0.2) is 66.1 Å². The third-order valence-electron chi connectivity index (χ3n) is 8.94. The summed E-state index contributed by atoms with van der Waals surface area (Å²) < 4.78 is 27.8. The summed E-state index contributed by atoms with van der Waals surface area (Å²) in [6, 6.07) is 22.5. The van der Waals surface area contributed by atoms with Gasteiger partial charge in [-0.3, -0.25) is 14.4 Å². The van der Waals surface area contributed by atoms with Crippen LogP contribution < -0.4 is 11.1 Å². The number of aliphatic hydroxyl groups is 1. The maximum Gasteiger partial charge on any atom is 0.338 e. The first-order chi connectivity index (χ1) is 24.4. The lowest BCUT2D eigenvalue weighted by molar-refractivity contribution is -0.00215. The van der Waals surface area contributed by atoms with E-state index in [-0.39, 0.29) is 34.6 Å². The fourth-order valence-corrected chi connectivity index (χ4v) is 6.05. The zero-order valence-electron chi connectivity index (χ0n) is 27.5. The number of nitrogens with one attached hydrogen (secondary N) is 2. The van der Waals surface area contributed by atoms with Gasteiger partial charge in [-0.25, -0.2) is 23.8 Å².